The number of hydrogen-bond acceptors (Lipinski definition) is 0. The van der Waals surface area contributed by atoms with Gasteiger partial charge in [-0.05, 0) is 18.4 Å². The van der Waals surface area contributed by atoms with Crippen LogP contribution in [0.3, 0.4) is 0 Å². The molecule has 0 atom stereocenters. The van der Waals surface area contributed by atoms with Gasteiger partial charge in [0, 0.05) is 0 Å². The molecule has 0 bridgehead atoms. The highest BCUT2D eigenvalue weighted by atomic mass is 13.9. The van der Waals surface area contributed by atoms with Gasteiger partial charge < -0.3 is 0 Å². The summed E-state index contributed by atoms with van der Waals surface area (Å²) in [6.45, 7) is 2.23. The normalized spacial score (nSPS) is 12.1. The average molecular weight is 226 g/mol. The summed E-state index contributed by atoms with van der Waals surface area (Å²) in [5.74, 6) is 0. The summed E-state index contributed by atoms with van der Waals surface area (Å²) in [5.41, 5.74) is 1.24. The molecule has 1 rings (SSSR count). The lowest BCUT2D eigenvalue weighted by Crippen LogP contribution is -1.69. The predicted octanol–water partition coefficient (Wildman–Crippen LogP) is 5.39. The van der Waals surface area contributed by atoms with Crippen LogP contribution in [0.1, 0.15) is 38.2 Å². The van der Waals surface area contributed by atoms with Gasteiger partial charge in [-0.2, -0.15) is 0 Å². The van der Waals surface area contributed by atoms with Gasteiger partial charge in [0.2, 0.25) is 0 Å². The Balaban J connectivity index is 2.19. The molecule has 0 aromatic heterocycles. The number of rotatable bonds is 7. The number of unbranched alkanes of at least 4 members (excludes halogenated alkanes) is 3. The van der Waals surface area contributed by atoms with E-state index in [4.69, 9.17) is 0 Å². The molecule has 0 N–H and O–H groups in total. The van der Waals surface area contributed by atoms with E-state index in [2.05, 4.69) is 67.6 Å². The lowest BCUT2D eigenvalue weighted by molar-refractivity contribution is 0.729. The highest BCUT2D eigenvalue weighted by Gasteiger charge is 1.80. The summed E-state index contributed by atoms with van der Waals surface area (Å²) < 4.78 is 0. The second-order valence-electron chi connectivity index (χ2n) is 4.08. The molecule has 0 saturated heterocycles. The summed E-state index contributed by atoms with van der Waals surface area (Å²) in [6.07, 6.45) is 17.8. The van der Waals surface area contributed by atoms with Crippen molar-refractivity contribution in [2.45, 2.75) is 32.6 Å². The van der Waals surface area contributed by atoms with E-state index in [1.54, 1.807) is 0 Å². The first kappa shape index (κ1) is 13.5. The summed E-state index contributed by atoms with van der Waals surface area (Å²) >= 11 is 0. The van der Waals surface area contributed by atoms with E-state index in [1.165, 1.54) is 31.2 Å². The van der Waals surface area contributed by atoms with Gasteiger partial charge in [0.25, 0.3) is 0 Å². The Morgan fingerprint density at radius 3 is 2.41 bits per heavy atom. The molecule has 0 unspecified atom stereocenters. The molecule has 0 aliphatic carbocycles. The standard InChI is InChI=1S/C17H22/c1-2-3-4-5-6-7-8-9-11-14-17-15-12-10-13-16-17/h6-16H,2-5H2,1H3/b7-6-,9-8+,14-11+. The van der Waals surface area contributed by atoms with E-state index in [-0.39, 0.29) is 0 Å². The van der Waals surface area contributed by atoms with Gasteiger partial charge in [-0.15, -0.1) is 0 Å². The van der Waals surface area contributed by atoms with Crippen molar-refractivity contribution in [3.63, 3.8) is 0 Å². The minimum Gasteiger partial charge on any atom is -0.0845 e. The Kier molecular flexibility index (Phi) is 7.67. The van der Waals surface area contributed by atoms with Gasteiger partial charge in [-0.3, -0.25) is 0 Å². The maximum atomic E-state index is 2.24. The molecule has 17 heavy (non-hydrogen) atoms. The molecule has 0 radical (unpaired) electrons. The van der Waals surface area contributed by atoms with Crippen LogP contribution in [0.4, 0.5) is 0 Å². The predicted molar refractivity (Wildman–Crippen MR) is 77.9 cm³/mol. The lowest BCUT2D eigenvalue weighted by atomic mass is 10.2. The molecule has 90 valence electrons. The molecule has 0 nitrogen and oxygen atoms in total. The molecule has 0 heteroatoms. The largest absolute Gasteiger partial charge is 0.0845 e. The topological polar surface area (TPSA) is 0 Å². The fourth-order valence-electron chi connectivity index (χ4n) is 1.55. The zero-order valence-corrected chi connectivity index (χ0v) is 10.7. The van der Waals surface area contributed by atoms with Gasteiger partial charge in [-0.25, -0.2) is 0 Å². The third kappa shape index (κ3) is 7.35. The summed E-state index contributed by atoms with van der Waals surface area (Å²) in [6, 6.07) is 10.3. The monoisotopic (exact) mass is 226 g/mol. The minimum absolute atomic E-state index is 1.20. The van der Waals surface area contributed by atoms with Crippen molar-refractivity contribution in [1.82, 2.24) is 0 Å². The molecule has 1 aromatic rings. The Labute approximate surface area is 105 Å². The first-order chi connectivity index (χ1) is 8.43. The van der Waals surface area contributed by atoms with Crippen LogP contribution in [0.15, 0.2) is 60.7 Å². The number of hydrogen-bond donors (Lipinski definition) is 0. The average Bonchev–Trinajstić information content (AvgIpc) is 2.38. The van der Waals surface area contributed by atoms with E-state index >= 15 is 0 Å². The van der Waals surface area contributed by atoms with Crippen LogP contribution in [-0.4, -0.2) is 0 Å². The highest BCUT2D eigenvalue weighted by molar-refractivity contribution is 5.50. The van der Waals surface area contributed by atoms with E-state index in [0.29, 0.717) is 0 Å². The smallest absolute Gasteiger partial charge is 0.0257 e. The Morgan fingerprint density at radius 2 is 1.65 bits per heavy atom. The molecule has 0 heterocycles. The van der Waals surface area contributed by atoms with Crippen LogP contribution in [0.25, 0.3) is 6.08 Å². The Hall–Kier alpha value is -1.56. The summed E-state index contributed by atoms with van der Waals surface area (Å²) in [5, 5.41) is 0. The van der Waals surface area contributed by atoms with Gasteiger partial charge in [0.05, 0.1) is 0 Å². The Morgan fingerprint density at radius 1 is 0.882 bits per heavy atom. The van der Waals surface area contributed by atoms with Gasteiger partial charge in [-0.1, -0.05) is 86.6 Å². The van der Waals surface area contributed by atoms with Crippen LogP contribution in [0, 0.1) is 0 Å². The van der Waals surface area contributed by atoms with Crippen LogP contribution in [-0.2, 0) is 0 Å². The SMILES string of the molecule is CCCCC\C=C/C=C/C=C/c1ccccc1. The fourth-order valence-corrected chi connectivity index (χ4v) is 1.55. The molecule has 0 aliphatic rings. The van der Waals surface area contributed by atoms with E-state index in [1.807, 2.05) is 6.07 Å². The van der Waals surface area contributed by atoms with Crippen molar-refractivity contribution in [3.05, 3.63) is 66.3 Å². The van der Waals surface area contributed by atoms with Crippen LogP contribution >= 0.6 is 0 Å². The molecule has 0 aliphatic heterocycles. The summed E-state index contributed by atoms with van der Waals surface area (Å²) in [4.78, 5) is 0. The van der Waals surface area contributed by atoms with Crippen molar-refractivity contribution in [2.24, 2.45) is 0 Å². The zero-order chi connectivity index (χ0) is 12.2. The van der Waals surface area contributed by atoms with E-state index < -0.39 is 0 Å². The lowest BCUT2D eigenvalue weighted by Gasteiger charge is -1.89. The fraction of sp³-hybridized carbons (Fsp3) is 0.294. The zero-order valence-electron chi connectivity index (χ0n) is 10.7. The van der Waals surface area contributed by atoms with E-state index in [9.17, 15) is 0 Å². The van der Waals surface area contributed by atoms with Crippen molar-refractivity contribution in [2.75, 3.05) is 0 Å². The number of allylic oxidation sites excluding steroid dienone is 5. The second kappa shape index (κ2) is 9.65. The molecule has 0 fully saturated rings. The molecular weight excluding hydrogens is 204 g/mol. The highest BCUT2D eigenvalue weighted by Crippen LogP contribution is 2.01. The van der Waals surface area contributed by atoms with E-state index in [0.717, 1.165) is 0 Å². The minimum atomic E-state index is 1.20. The summed E-state index contributed by atoms with van der Waals surface area (Å²) in [7, 11) is 0. The first-order valence-electron chi connectivity index (χ1n) is 6.48. The Bertz CT molecular complexity index is 355. The molecule has 1 aromatic carbocycles. The van der Waals surface area contributed by atoms with Crippen molar-refractivity contribution in [1.29, 1.82) is 0 Å². The van der Waals surface area contributed by atoms with Gasteiger partial charge >= 0.3 is 0 Å². The third-order valence-corrected chi connectivity index (χ3v) is 2.53. The van der Waals surface area contributed by atoms with Gasteiger partial charge in [0.15, 0.2) is 0 Å². The van der Waals surface area contributed by atoms with Crippen molar-refractivity contribution in [3.8, 4) is 0 Å². The van der Waals surface area contributed by atoms with Crippen LogP contribution < -0.4 is 0 Å². The molecule has 0 saturated carbocycles. The molecule has 0 amide bonds. The van der Waals surface area contributed by atoms with Gasteiger partial charge in [0.1, 0.15) is 0 Å². The van der Waals surface area contributed by atoms with Crippen LogP contribution in [0.5, 0.6) is 0 Å². The first-order valence-corrected chi connectivity index (χ1v) is 6.48. The molecule has 0 spiro atoms. The number of benzene rings is 1. The quantitative estimate of drug-likeness (QED) is 0.432. The molecular formula is C17H22. The van der Waals surface area contributed by atoms with Crippen molar-refractivity contribution < 1.29 is 0 Å². The maximum absolute atomic E-state index is 2.24. The van der Waals surface area contributed by atoms with Crippen molar-refractivity contribution >= 4 is 6.08 Å². The maximum Gasteiger partial charge on any atom is -0.0257 e. The second-order valence-corrected chi connectivity index (χ2v) is 4.08. The third-order valence-electron chi connectivity index (χ3n) is 2.53. The van der Waals surface area contributed by atoms with Crippen LogP contribution in [0.2, 0.25) is 0 Å².